The second-order valence-corrected chi connectivity index (χ2v) is 17.9. The Balaban J connectivity index is 1.28. The molecule has 6 aliphatic rings. The molecule has 0 amide bonds. The third kappa shape index (κ3) is 4.52. The molecule has 0 radical (unpaired) electrons. The van der Waals surface area contributed by atoms with E-state index in [-0.39, 0.29) is 33.2 Å². The number of rotatable bonds is 4. The molecule has 6 rings (SSSR count). The van der Waals surface area contributed by atoms with E-state index < -0.39 is 37.3 Å². The van der Waals surface area contributed by atoms with Gasteiger partial charge < -0.3 is 35.0 Å². The minimum absolute atomic E-state index is 0.0486. The van der Waals surface area contributed by atoms with E-state index in [0.29, 0.717) is 29.8 Å². The second kappa shape index (κ2) is 10.5. The Morgan fingerprint density at radius 3 is 2.19 bits per heavy atom. The van der Waals surface area contributed by atoms with Gasteiger partial charge in [0.05, 0.1) is 12.7 Å². The summed E-state index contributed by atoms with van der Waals surface area (Å²) in [4.78, 5) is 0. The summed E-state index contributed by atoms with van der Waals surface area (Å²) in [7, 11) is 0. The van der Waals surface area contributed by atoms with E-state index in [4.69, 9.17) is 9.47 Å². The van der Waals surface area contributed by atoms with Crippen molar-refractivity contribution in [1.29, 1.82) is 0 Å². The highest BCUT2D eigenvalue weighted by molar-refractivity contribution is 5.33. The van der Waals surface area contributed by atoms with E-state index in [1.807, 2.05) is 0 Å². The molecule has 0 aromatic heterocycles. The lowest BCUT2D eigenvalue weighted by atomic mass is 9.33. The summed E-state index contributed by atoms with van der Waals surface area (Å²) in [5, 5.41) is 51.8. The number of ether oxygens (including phenoxy) is 2. The molecule has 0 bridgehead atoms. The topological polar surface area (TPSA) is 120 Å². The van der Waals surface area contributed by atoms with Gasteiger partial charge >= 0.3 is 0 Å². The van der Waals surface area contributed by atoms with E-state index in [9.17, 15) is 25.5 Å². The van der Waals surface area contributed by atoms with Gasteiger partial charge in [-0.3, -0.25) is 0 Å². The van der Waals surface area contributed by atoms with Crippen LogP contribution in [0.4, 0.5) is 0 Å². The molecule has 5 N–H and O–H groups in total. The molecule has 1 heterocycles. The maximum atomic E-state index is 10.8. The lowest BCUT2D eigenvalue weighted by molar-refractivity contribution is -0.330. The molecule has 0 spiro atoms. The molecule has 5 fully saturated rings. The molecular weight excluding hydrogens is 544 g/mol. The summed E-state index contributed by atoms with van der Waals surface area (Å²) < 4.78 is 12.3. The zero-order valence-corrected chi connectivity index (χ0v) is 27.8. The molecule has 0 aromatic carbocycles. The molecule has 246 valence electrons. The van der Waals surface area contributed by atoms with Crippen LogP contribution in [0.25, 0.3) is 0 Å². The number of fused-ring (bicyclic) bond motifs is 7. The molecular formula is C36H60O7. The summed E-state index contributed by atoms with van der Waals surface area (Å²) in [5.41, 5.74) is 2.29. The Morgan fingerprint density at radius 1 is 0.814 bits per heavy atom. The lowest BCUT2D eigenvalue weighted by Gasteiger charge is -2.71. The first-order valence-electron chi connectivity index (χ1n) is 17.3. The van der Waals surface area contributed by atoms with Crippen LogP contribution in [0, 0.1) is 50.2 Å². The van der Waals surface area contributed by atoms with E-state index in [2.05, 4.69) is 54.5 Å². The van der Waals surface area contributed by atoms with E-state index in [0.717, 1.165) is 44.9 Å². The molecule has 5 aliphatic carbocycles. The summed E-state index contributed by atoms with van der Waals surface area (Å²) in [6.45, 7) is 17.0. The maximum Gasteiger partial charge on any atom is 0.186 e. The van der Waals surface area contributed by atoms with Crippen LogP contribution in [0.5, 0.6) is 0 Å². The van der Waals surface area contributed by atoms with Gasteiger partial charge in [-0.1, -0.05) is 60.1 Å². The minimum atomic E-state index is -1.43. The van der Waals surface area contributed by atoms with Crippen molar-refractivity contribution >= 4 is 0 Å². The summed E-state index contributed by atoms with van der Waals surface area (Å²) in [5.74, 6) is 1.45. The molecule has 43 heavy (non-hydrogen) atoms. The molecule has 4 saturated carbocycles. The van der Waals surface area contributed by atoms with E-state index >= 15 is 0 Å². The predicted octanol–water partition coefficient (Wildman–Crippen LogP) is 4.97. The molecule has 0 unspecified atom stereocenters. The summed E-state index contributed by atoms with van der Waals surface area (Å²) >= 11 is 0. The van der Waals surface area contributed by atoms with Gasteiger partial charge in [0, 0.05) is 12.0 Å². The third-order valence-corrected chi connectivity index (χ3v) is 15.2. The van der Waals surface area contributed by atoms with Gasteiger partial charge in [-0.05, 0) is 109 Å². The highest BCUT2D eigenvalue weighted by atomic mass is 16.7. The number of hydrogen-bond acceptors (Lipinski definition) is 7. The Hall–Kier alpha value is -0.540. The largest absolute Gasteiger partial charge is 0.396 e. The van der Waals surface area contributed by atoms with Crippen molar-refractivity contribution in [3.05, 3.63) is 11.6 Å². The number of hydrogen-bond donors (Lipinski definition) is 5. The highest BCUT2D eigenvalue weighted by Gasteiger charge is 2.68. The van der Waals surface area contributed by atoms with Crippen LogP contribution in [0.1, 0.15) is 113 Å². The SMILES string of the molecule is CC1(C)CC[C@]2(CO)CC[C@]3(C)C(=CC[C@@H]4[C@@]5(C)CC[C@H](O[C@@H]6O[C@H](CO)[C@@H](O)[C@H](O)[C@H]6O)C(C)(C)[C@@H]5CC[C@]43C)[C@@H]2C1. The van der Waals surface area contributed by atoms with Crippen LogP contribution in [0.3, 0.4) is 0 Å². The normalized spacial score (nSPS) is 54.0. The smallest absolute Gasteiger partial charge is 0.186 e. The standard InChI is InChI=1S/C36H60O7/c1-31(2)14-16-36(20-38)17-15-34(6)21(22(36)18-31)8-9-25-33(5)12-11-26(32(3,4)24(33)10-13-35(25,34)7)43-30-29(41)28(40)27(39)23(19-37)42-30/h8,22-30,37-41H,9-20H2,1-7H3/t22-,23+,24-,25+,26-,27+,28-,29+,30-,33-,34+,35+,36+/m0/s1. The highest BCUT2D eigenvalue weighted by Crippen LogP contribution is 2.75. The van der Waals surface area contributed by atoms with Crippen LogP contribution in [0.2, 0.25) is 0 Å². The molecule has 7 nitrogen and oxygen atoms in total. The van der Waals surface area contributed by atoms with Gasteiger partial charge in [0.1, 0.15) is 24.4 Å². The molecule has 7 heteroatoms. The van der Waals surface area contributed by atoms with Gasteiger partial charge in [0.15, 0.2) is 6.29 Å². The van der Waals surface area contributed by atoms with Crippen LogP contribution in [-0.4, -0.2) is 75.6 Å². The van der Waals surface area contributed by atoms with Crippen molar-refractivity contribution in [2.45, 2.75) is 149 Å². The van der Waals surface area contributed by atoms with Gasteiger partial charge in [-0.25, -0.2) is 0 Å². The number of allylic oxidation sites excluding steroid dienone is 2. The monoisotopic (exact) mass is 604 g/mol. The number of aliphatic hydroxyl groups excluding tert-OH is 5. The number of aliphatic hydroxyl groups is 5. The maximum absolute atomic E-state index is 10.8. The fourth-order valence-electron chi connectivity index (χ4n) is 12.2. The first-order chi connectivity index (χ1) is 20.0. The predicted molar refractivity (Wildman–Crippen MR) is 165 cm³/mol. The van der Waals surface area contributed by atoms with Gasteiger partial charge in [0.25, 0.3) is 0 Å². The van der Waals surface area contributed by atoms with E-state index in [1.165, 1.54) is 19.3 Å². The summed E-state index contributed by atoms with van der Waals surface area (Å²) in [6.07, 6.45) is 7.30. The Morgan fingerprint density at radius 2 is 1.51 bits per heavy atom. The molecule has 0 aromatic rings. The zero-order valence-electron chi connectivity index (χ0n) is 27.8. The fourth-order valence-corrected chi connectivity index (χ4v) is 12.2. The first kappa shape index (κ1) is 32.4. The van der Waals surface area contributed by atoms with Crippen LogP contribution in [-0.2, 0) is 9.47 Å². The first-order valence-corrected chi connectivity index (χ1v) is 17.3. The Kier molecular flexibility index (Phi) is 7.90. The van der Waals surface area contributed by atoms with Crippen molar-refractivity contribution in [1.82, 2.24) is 0 Å². The van der Waals surface area contributed by atoms with Crippen molar-refractivity contribution in [2.75, 3.05) is 13.2 Å². The Bertz CT molecular complexity index is 1100. The Labute approximate surface area is 259 Å². The fraction of sp³-hybridized carbons (Fsp3) is 0.944. The van der Waals surface area contributed by atoms with Crippen molar-refractivity contribution in [2.24, 2.45) is 50.2 Å². The average Bonchev–Trinajstić information content (AvgIpc) is 2.94. The van der Waals surface area contributed by atoms with Crippen LogP contribution >= 0.6 is 0 Å². The van der Waals surface area contributed by atoms with Gasteiger partial charge in [-0.2, -0.15) is 0 Å². The quantitative estimate of drug-likeness (QED) is 0.227. The van der Waals surface area contributed by atoms with Gasteiger partial charge in [-0.15, -0.1) is 0 Å². The average molecular weight is 605 g/mol. The van der Waals surface area contributed by atoms with Crippen LogP contribution in [0.15, 0.2) is 11.6 Å². The lowest BCUT2D eigenvalue weighted by Crippen LogP contribution is -2.66. The molecule has 13 atom stereocenters. The van der Waals surface area contributed by atoms with Crippen molar-refractivity contribution in [3.8, 4) is 0 Å². The molecule has 1 saturated heterocycles. The third-order valence-electron chi connectivity index (χ3n) is 15.2. The second-order valence-electron chi connectivity index (χ2n) is 17.9. The molecule has 1 aliphatic heterocycles. The van der Waals surface area contributed by atoms with E-state index in [1.54, 1.807) is 5.57 Å². The van der Waals surface area contributed by atoms with Crippen molar-refractivity contribution < 1.29 is 35.0 Å². The van der Waals surface area contributed by atoms with Crippen LogP contribution < -0.4 is 0 Å². The van der Waals surface area contributed by atoms with Crippen molar-refractivity contribution in [3.63, 3.8) is 0 Å². The summed E-state index contributed by atoms with van der Waals surface area (Å²) in [6, 6.07) is 0. The van der Waals surface area contributed by atoms with Gasteiger partial charge in [0.2, 0.25) is 0 Å². The zero-order chi connectivity index (χ0) is 31.4. The minimum Gasteiger partial charge on any atom is -0.396 e.